The van der Waals surface area contributed by atoms with E-state index < -0.39 is 17.5 Å². The summed E-state index contributed by atoms with van der Waals surface area (Å²) in [5, 5.41) is 9.02. The fourth-order valence-corrected chi connectivity index (χ4v) is 1.99. The lowest BCUT2D eigenvalue weighted by Crippen LogP contribution is -1.93. The third kappa shape index (κ3) is 1.81. The first-order valence-corrected chi connectivity index (χ1v) is 5.14. The first kappa shape index (κ1) is 11.1. The van der Waals surface area contributed by atoms with Crippen molar-refractivity contribution in [3.05, 3.63) is 40.7 Å². The molecule has 0 aliphatic rings. The summed E-state index contributed by atoms with van der Waals surface area (Å²) >= 11 is 1.02. The van der Waals surface area contributed by atoms with Crippen LogP contribution in [0.3, 0.4) is 0 Å². The molecule has 0 bridgehead atoms. The quantitative estimate of drug-likeness (QED) is 0.825. The van der Waals surface area contributed by atoms with Crippen LogP contribution in [0.25, 0.3) is 10.6 Å². The van der Waals surface area contributed by atoms with Crippen LogP contribution in [0.5, 0.6) is 0 Å². The van der Waals surface area contributed by atoms with E-state index in [-0.39, 0.29) is 17.2 Å². The van der Waals surface area contributed by atoms with Crippen molar-refractivity contribution in [2.45, 2.75) is 6.61 Å². The predicted octanol–water partition coefficient (Wildman–Crippen LogP) is 2.72. The molecule has 0 saturated carbocycles. The molecule has 0 atom stereocenters. The fraction of sp³-hybridized carbons (Fsp3) is 0.100. The SMILES string of the molecule is OCc1cnc(-c2ccc(F)c(F)c2F)s1. The molecule has 6 heteroatoms. The second-order valence-corrected chi connectivity index (χ2v) is 4.13. The highest BCUT2D eigenvalue weighted by Crippen LogP contribution is 2.29. The normalized spacial score (nSPS) is 10.8. The molecule has 0 spiro atoms. The summed E-state index contributed by atoms with van der Waals surface area (Å²) in [6, 6.07) is 1.96. The number of aliphatic hydroxyl groups is 1. The number of benzene rings is 1. The first-order chi connectivity index (χ1) is 7.63. The van der Waals surface area contributed by atoms with E-state index in [1.54, 1.807) is 0 Å². The minimum Gasteiger partial charge on any atom is -0.391 e. The van der Waals surface area contributed by atoms with Crippen molar-refractivity contribution in [2.24, 2.45) is 0 Å². The summed E-state index contributed by atoms with van der Waals surface area (Å²) in [5.41, 5.74) is -0.108. The van der Waals surface area contributed by atoms with Gasteiger partial charge in [0.2, 0.25) is 0 Å². The summed E-state index contributed by atoms with van der Waals surface area (Å²) in [6.45, 7) is -0.219. The Bertz CT molecular complexity index is 527. The molecule has 2 nitrogen and oxygen atoms in total. The smallest absolute Gasteiger partial charge is 0.195 e. The summed E-state index contributed by atoms with van der Waals surface area (Å²) in [4.78, 5) is 4.35. The molecule has 0 unspecified atom stereocenters. The van der Waals surface area contributed by atoms with Gasteiger partial charge in [-0.1, -0.05) is 0 Å². The van der Waals surface area contributed by atoms with Gasteiger partial charge in [0, 0.05) is 11.8 Å². The average Bonchev–Trinajstić information content (AvgIpc) is 2.74. The molecule has 0 aliphatic carbocycles. The van der Waals surface area contributed by atoms with Gasteiger partial charge >= 0.3 is 0 Å². The van der Waals surface area contributed by atoms with Crippen LogP contribution < -0.4 is 0 Å². The summed E-state index contributed by atoms with van der Waals surface area (Å²) in [6.07, 6.45) is 1.36. The van der Waals surface area contributed by atoms with Crippen molar-refractivity contribution in [1.82, 2.24) is 4.98 Å². The number of aliphatic hydroxyl groups excluding tert-OH is 1. The molecule has 0 fully saturated rings. The Balaban J connectivity index is 2.52. The molecule has 0 aliphatic heterocycles. The lowest BCUT2D eigenvalue weighted by molar-refractivity contribution is 0.285. The Kier molecular flexibility index (Phi) is 2.93. The molecule has 0 amide bonds. The van der Waals surface area contributed by atoms with Gasteiger partial charge in [0.15, 0.2) is 17.5 Å². The average molecular weight is 245 g/mol. The van der Waals surface area contributed by atoms with Crippen LogP contribution in [0.1, 0.15) is 4.88 Å². The number of nitrogens with zero attached hydrogens (tertiary/aromatic N) is 1. The third-order valence-electron chi connectivity index (χ3n) is 1.97. The third-order valence-corrected chi connectivity index (χ3v) is 2.99. The van der Waals surface area contributed by atoms with Crippen molar-refractivity contribution < 1.29 is 18.3 Å². The second kappa shape index (κ2) is 4.23. The number of rotatable bonds is 2. The van der Waals surface area contributed by atoms with Crippen LogP contribution in [0, 0.1) is 17.5 Å². The van der Waals surface area contributed by atoms with E-state index in [0.29, 0.717) is 4.88 Å². The van der Waals surface area contributed by atoms with E-state index in [2.05, 4.69) is 4.98 Å². The minimum absolute atomic E-state index is 0.108. The highest BCUT2D eigenvalue weighted by atomic mass is 32.1. The molecular formula is C10H6F3NOS. The summed E-state index contributed by atoms with van der Waals surface area (Å²) in [7, 11) is 0. The van der Waals surface area contributed by atoms with Crippen LogP contribution in [-0.4, -0.2) is 10.1 Å². The van der Waals surface area contributed by atoms with Crippen LogP contribution in [0.15, 0.2) is 18.3 Å². The second-order valence-electron chi connectivity index (χ2n) is 3.01. The van der Waals surface area contributed by atoms with Gasteiger partial charge < -0.3 is 5.11 Å². The van der Waals surface area contributed by atoms with Crippen molar-refractivity contribution in [2.75, 3.05) is 0 Å². The van der Waals surface area contributed by atoms with Crippen molar-refractivity contribution in [3.8, 4) is 10.6 Å². The zero-order chi connectivity index (χ0) is 11.7. The first-order valence-electron chi connectivity index (χ1n) is 4.33. The molecule has 2 aromatic rings. The number of thiazole rings is 1. The number of hydrogen-bond acceptors (Lipinski definition) is 3. The van der Waals surface area contributed by atoms with Crippen molar-refractivity contribution >= 4 is 11.3 Å². The minimum atomic E-state index is -1.52. The van der Waals surface area contributed by atoms with Crippen LogP contribution in [-0.2, 0) is 6.61 Å². The molecular weight excluding hydrogens is 239 g/mol. The Hall–Kier alpha value is -1.40. The van der Waals surface area contributed by atoms with Gasteiger partial charge in [-0.15, -0.1) is 11.3 Å². The van der Waals surface area contributed by atoms with Gasteiger partial charge in [0.05, 0.1) is 11.5 Å². The van der Waals surface area contributed by atoms with E-state index in [9.17, 15) is 13.2 Å². The molecule has 1 aromatic carbocycles. The van der Waals surface area contributed by atoms with E-state index in [1.165, 1.54) is 6.20 Å². The molecule has 1 N–H and O–H groups in total. The van der Waals surface area contributed by atoms with Gasteiger partial charge in [-0.3, -0.25) is 0 Å². The lowest BCUT2D eigenvalue weighted by atomic mass is 10.2. The summed E-state index contributed by atoms with van der Waals surface area (Å²) < 4.78 is 39.0. The predicted molar refractivity (Wildman–Crippen MR) is 53.3 cm³/mol. The van der Waals surface area contributed by atoms with E-state index in [0.717, 1.165) is 23.5 Å². The Morgan fingerprint density at radius 2 is 1.94 bits per heavy atom. The number of halogens is 3. The molecule has 1 aromatic heterocycles. The fourth-order valence-electron chi connectivity index (χ4n) is 1.20. The number of aromatic nitrogens is 1. The lowest BCUT2D eigenvalue weighted by Gasteiger charge is -2.00. The Morgan fingerprint density at radius 3 is 2.56 bits per heavy atom. The topological polar surface area (TPSA) is 33.1 Å². The maximum atomic E-state index is 13.4. The van der Waals surface area contributed by atoms with E-state index >= 15 is 0 Å². The van der Waals surface area contributed by atoms with E-state index in [4.69, 9.17) is 5.11 Å². The maximum Gasteiger partial charge on any atom is 0.195 e. The van der Waals surface area contributed by atoms with Crippen LogP contribution >= 0.6 is 11.3 Å². The van der Waals surface area contributed by atoms with Gasteiger partial charge in [0.25, 0.3) is 0 Å². The van der Waals surface area contributed by atoms with Gasteiger partial charge in [0.1, 0.15) is 5.01 Å². The van der Waals surface area contributed by atoms with Crippen molar-refractivity contribution in [3.63, 3.8) is 0 Å². The Morgan fingerprint density at radius 1 is 1.19 bits per heavy atom. The van der Waals surface area contributed by atoms with Crippen LogP contribution in [0.2, 0.25) is 0 Å². The molecule has 0 radical (unpaired) electrons. The molecule has 16 heavy (non-hydrogen) atoms. The molecule has 2 rings (SSSR count). The molecule has 0 saturated heterocycles. The van der Waals surface area contributed by atoms with Gasteiger partial charge in [-0.2, -0.15) is 0 Å². The van der Waals surface area contributed by atoms with Crippen molar-refractivity contribution in [1.29, 1.82) is 0 Å². The maximum absolute atomic E-state index is 13.4. The zero-order valence-electron chi connectivity index (χ0n) is 7.88. The molecule has 1 heterocycles. The Labute approximate surface area is 93.0 Å². The standard InChI is InChI=1S/C10H6F3NOS/c11-7-2-1-6(8(12)9(7)13)10-14-3-5(4-15)16-10/h1-3,15H,4H2. The largest absolute Gasteiger partial charge is 0.391 e. The zero-order valence-corrected chi connectivity index (χ0v) is 8.69. The highest BCUT2D eigenvalue weighted by Gasteiger charge is 2.16. The monoisotopic (exact) mass is 245 g/mol. The van der Waals surface area contributed by atoms with Gasteiger partial charge in [-0.05, 0) is 12.1 Å². The van der Waals surface area contributed by atoms with E-state index in [1.807, 2.05) is 0 Å². The van der Waals surface area contributed by atoms with Gasteiger partial charge in [-0.25, -0.2) is 18.2 Å². The molecule has 84 valence electrons. The van der Waals surface area contributed by atoms with Crippen LogP contribution in [0.4, 0.5) is 13.2 Å². The number of hydrogen-bond donors (Lipinski definition) is 1. The summed E-state index contributed by atoms with van der Waals surface area (Å²) in [5.74, 6) is -4.02. The highest BCUT2D eigenvalue weighted by molar-refractivity contribution is 7.15.